The minimum Gasteiger partial charge on any atom is -0.225 e. The lowest BCUT2D eigenvalue weighted by Gasteiger charge is -2.22. The van der Waals surface area contributed by atoms with Crippen molar-refractivity contribution >= 4 is 37.6 Å². The largest absolute Gasteiger partial charge is 0.239 e. The number of primary sulfonamides is 1. The molecule has 0 amide bonds. The molecule has 0 saturated heterocycles. The van der Waals surface area contributed by atoms with E-state index < -0.39 is 10.0 Å². The Hall–Kier alpha value is -0.610. The number of benzene rings is 1. The fourth-order valence-electron chi connectivity index (χ4n) is 2.59. The van der Waals surface area contributed by atoms with Crippen LogP contribution in [0.5, 0.6) is 0 Å². The zero-order chi connectivity index (χ0) is 17.9. The van der Waals surface area contributed by atoms with Crippen LogP contribution in [-0.2, 0) is 29.3 Å². The molecule has 4 nitrogen and oxygen atoms in total. The van der Waals surface area contributed by atoms with Gasteiger partial charge in [0, 0.05) is 9.50 Å². The lowest BCUT2D eigenvalue weighted by molar-refractivity contribution is 0.589. The highest BCUT2D eigenvalue weighted by molar-refractivity contribution is 9.10. The molecule has 128 valence electrons. The molecule has 1 aromatic carbocycles. The second-order valence-electron chi connectivity index (χ2n) is 6.47. The molecule has 0 atom stereocenters. The molecule has 1 rings (SSSR count). The van der Waals surface area contributed by atoms with Crippen LogP contribution in [0.1, 0.15) is 44.4 Å². The smallest absolute Gasteiger partial charge is 0.225 e. The van der Waals surface area contributed by atoms with E-state index in [1.807, 2.05) is 27.7 Å². The maximum absolute atomic E-state index is 12.1. The molecule has 0 saturated carbocycles. The first-order valence-electron chi connectivity index (χ1n) is 7.41. The van der Waals surface area contributed by atoms with Gasteiger partial charge < -0.3 is 0 Å². The lowest BCUT2D eigenvalue weighted by Crippen LogP contribution is -2.19. The number of sulfonamides is 1. The number of hydrogen-bond donors (Lipinski definition) is 1. The normalized spacial score (nSPS) is 12.0. The molecule has 1 aromatic rings. The number of halogens is 2. The van der Waals surface area contributed by atoms with Gasteiger partial charge in [-0.2, -0.15) is 5.26 Å². The Kier molecular flexibility index (Phi) is 7.09. The van der Waals surface area contributed by atoms with Crippen LogP contribution in [-0.4, -0.2) is 8.42 Å². The second-order valence-corrected chi connectivity index (χ2v) is 9.14. The molecule has 0 aromatic heterocycles. The summed E-state index contributed by atoms with van der Waals surface area (Å²) >= 11 is 9.93. The first-order valence-corrected chi connectivity index (χ1v) is 10.1. The number of nitrogens with zero attached hydrogens (tertiary/aromatic N) is 1. The molecule has 23 heavy (non-hydrogen) atoms. The molecule has 0 aliphatic rings. The maximum atomic E-state index is 12.1. The molecule has 0 radical (unpaired) electrons. The summed E-state index contributed by atoms with van der Waals surface area (Å²) in [6.07, 6.45) is 1.22. The predicted molar refractivity (Wildman–Crippen MR) is 96.9 cm³/mol. The van der Waals surface area contributed by atoms with Crippen molar-refractivity contribution in [1.29, 1.82) is 5.26 Å². The van der Waals surface area contributed by atoms with Crippen LogP contribution in [0.25, 0.3) is 0 Å². The van der Waals surface area contributed by atoms with Crippen LogP contribution in [0, 0.1) is 23.2 Å². The molecule has 0 spiro atoms. The van der Waals surface area contributed by atoms with Crippen molar-refractivity contribution in [3.05, 3.63) is 26.2 Å². The summed E-state index contributed by atoms with van der Waals surface area (Å²) in [4.78, 5) is 0.0496. The van der Waals surface area contributed by atoms with E-state index >= 15 is 0 Å². The van der Waals surface area contributed by atoms with Crippen LogP contribution in [0.4, 0.5) is 0 Å². The Morgan fingerprint density at radius 1 is 1.13 bits per heavy atom. The SMILES string of the molecule is CC(C)Cc1c(Br)c(S(N)(=O)=O)c(CC(C)C)c(Cl)c1CC#N. The van der Waals surface area contributed by atoms with E-state index in [0.717, 1.165) is 5.56 Å². The van der Waals surface area contributed by atoms with E-state index in [-0.39, 0.29) is 23.2 Å². The monoisotopic (exact) mass is 420 g/mol. The van der Waals surface area contributed by atoms with Gasteiger partial charge in [-0.3, -0.25) is 0 Å². The Labute approximate surface area is 152 Å². The molecule has 0 heterocycles. The summed E-state index contributed by atoms with van der Waals surface area (Å²) in [5.74, 6) is 0.481. The van der Waals surface area contributed by atoms with Crippen LogP contribution in [0.3, 0.4) is 0 Å². The predicted octanol–water partition coefficient (Wildman–Crippen LogP) is 4.21. The average molecular weight is 422 g/mol. The van der Waals surface area contributed by atoms with Crippen LogP contribution >= 0.6 is 27.5 Å². The van der Waals surface area contributed by atoms with E-state index in [1.54, 1.807) is 0 Å². The highest BCUT2D eigenvalue weighted by Crippen LogP contribution is 2.40. The minimum absolute atomic E-state index is 0.0496. The zero-order valence-electron chi connectivity index (χ0n) is 13.8. The first-order chi connectivity index (χ1) is 10.5. The summed E-state index contributed by atoms with van der Waals surface area (Å²) in [5.41, 5.74) is 1.94. The molecular weight excluding hydrogens is 400 g/mol. The van der Waals surface area contributed by atoms with Crippen molar-refractivity contribution < 1.29 is 8.42 Å². The lowest BCUT2D eigenvalue weighted by atomic mass is 9.92. The summed E-state index contributed by atoms with van der Waals surface area (Å²) in [6, 6.07) is 2.12. The molecule has 2 N–H and O–H groups in total. The first kappa shape index (κ1) is 20.4. The van der Waals surface area contributed by atoms with Crippen molar-refractivity contribution in [3.8, 4) is 6.07 Å². The fourth-order valence-corrected chi connectivity index (χ4v) is 5.22. The van der Waals surface area contributed by atoms with Gasteiger partial charge in [0.05, 0.1) is 12.5 Å². The minimum atomic E-state index is -3.94. The Morgan fingerprint density at radius 3 is 2.00 bits per heavy atom. The van der Waals surface area contributed by atoms with E-state index in [9.17, 15) is 8.42 Å². The van der Waals surface area contributed by atoms with Gasteiger partial charge in [0.25, 0.3) is 0 Å². The van der Waals surface area contributed by atoms with Crippen LogP contribution in [0.2, 0.25) is 5.02 Å². The third-order valence-corrected chi connectivity index (χ3v) is 6.01. The highest BCUT2D eigenvalue weighted by atomic mass is 79.9. The van der Waals surface area contributed by atoms with E-state index in [4.69, 9.17) is 22.0 Å². The van der Waals surface area contributed by atoms with E-state index in [2.05, 4.69) is 22.0 Å². The highest BCUT2D eigenvalue weighted by Gasteiger charge is 2.27. The molecule has 0 aliphatic carbocycles. The van der Waals surface area contributed by atoms with E-state index in [0.29, 0.717) is 33.5 Å². The fraction of sp³-hybridized carbons (Fsp3) is 0.562. The van der Waals surface area contributed by atoms with Gasteiger partial charge in [-0.1, -0.05) is 39.3 Å². The molecule has 7 heteroatoms. The van der Waals surface area contributed by atoms with Crippen LogP contribution in [0.15, 0.2) is 9.37 Å². The summed E-state index contributed by atoms with van der Waals surface area (Å²) in [7, 11) is -3.94. The van der Waals surface area contributed by atoms with Gasteiger partial charge in [0.1, 0.15) is 4.90 Å². The third-order valence-electron chi connectivity index (χ3n) is 3.40. The summed E-state index contributed by atoms with van der Waals surface area (Å²) in [5, 5.41) is 14.9. The van der Waals surface area contributed by atoms with Crippen molar-refractivity contribution in [2.45, 2.75) is 51.9 Å². The van der Waals surface area contributed by atoms with Gasteiger partial charge in [0.2, 0.25) is 10.0 Å². The van der Waals surface area contributed by atoms with Crippen molar-refractivity contribution in [3.63, 3.8) is 0 Å². The Bertz CT molecular complexity index is 738. The van der Waals surface area contributed by atoms with Gasteiger partial charge in [-0.05, 0) is 57.3 Å². The zero-order valence-corrected chi connectivity index (χ0v) is 16.9. The van der Waals surface area contributed by atoms with Crippen molar-refractivity contribution in [2.24, 2.45) is 17.0 Å². The molecule has 0 fully saturated rings. The molecule has 0 aliphatic heterocycles. The second kappa shape index (κ2) is 7.98. The number of rotatable bonds is 6. The van der Waals surface area contributed by atoms with Crippen LogP contribution < -0.4 is 5.14 Å². The van der Waals surface area contributed by atoms with Gasteiger partial charge in [-0.25, -0.2) is 13.6 Å². The average Bonchev–Trinajstić information content (AvgIpc) is 2.37. The van der Waals surface area contributed by atoms with Gasteiger partial charge >= 0.3 is 0 Å². The Morgan fingerprint density at radius 2 is 1.61 bits per heavy atom. The molecule has 0 bridgehead atoms. The van der Waals surface area contributed by atoms with E-state index in [1.165, 1.54) is 0 Å². The third kappa shape index (κ3) is 4.93. The quantitative estimate of drug-likeness (QED) is 0.746. The van der Waals surface area contributed by atoms with Crippen molar-refractivity contribution in [1.82, 2.24) is 0 Å². The summed E-state index contributed by atoms with van der Waals surface area (Å²) in [6.45, 7) is 8.00. The van der Waals surface area contributed by atoms with Crippen molar-refractivity contribution in [2.75, 3.05) is 0 Å². The number of nitriles is 1. The summed E-state index contributed by atoms with van der Waals surface area (Å²) < 4.78 is 24.7. The molecule has 0 unspecified atom stereocenters. The van der Waals surface area contributed by atoms with Gasteiger partial charge in [-0.15, -0.1) is 0 Å². The Balaban J connectivity index is 3.88. The number of nitrogens with two attached hydrogens (primary N) is 1. The number of hydrogen-bond acceptors (Lipinski definition) is 3. The molecular formula is C16H22BrClN2O2S. The topological polar surface area (TPSA) is 84.0 Å². The maximum Gasteiger partial charge on any atom is 0.239 e. The van der Waals surface area contributed by atoms with Gasteiger partial charge in [0.15, 0.2) is 0 Å². The standard InChI is InChI=1S/C16H22BrClN2O2S/c1-9(2)7-12-11(5-6-19)15(18)13(8-10(3)4)16(14(12)17)23(20,21)22/h9-10H,5,7-8H2,1-4H3,(H2,20,21,22).